The van der Waals surface area contributed by atoms with Crippen LogP contribution in [0.1, 0.15) is 38.5 Å². The molecule has 1 aliphatic carbocycles. The summed E-state index contributed by atoms with van der Waals surface area (Å²) in [4.78, 5) is 12.5. The first kappa shape index (κ1) is 15.3. The summed E-state index contributed by atoms with van der Waals surface area (Å²) in [5.41, 5.74) is -1.00. The van der Waals surface area contributed by atoms with Gasteiger partial charge in [-0.15, -0.1) is 0 Å². The third-order valence-electron chi connectivity index (χ3n) is 3.54. The van der Waals surface area contributed by atoms with Crippen LogP contribution in [0.2, 0.25) is 0 Å². The van der Waals surface area contributed by atoms with Gasteiger partial charge >= 0.3 is 12.1 Å². The van der Waals surface area contributed by atoms with Crippen LogP contribution in [0.4, 0.5) is 13.2 Å². The van der Waals surface area contributed by atoms with Gasteiger partial charge in [-0.3, -0.25) is 9.69 Å². The van der Waals surface area contributed by atoms with Crippen LogP contribution in [-0.4, -0.2) is 42.3 Å². The van der Waals surface area contributed by atoms with Gasteiger partial charge in [0.2, 0.25) is 0 Å². The zero-order valence-electron chi connectivity index (χ0n) is 10.6. The third-order valence-corrected chi connectivity index (χ3v) is 3.54. The fourth-order valence-electron chi connectivity index (χ4n) is 2.72. The van der Waals surface area contributed by atoms with Gasteiger partial charge in [-0.1, -0.05) is 25.7 Å². The molecule has 1 N–H and O–H groups in total. The molecule has 0 bridgehead atoms. The number of carbonyl (C=O) groups is 1. The van der Waals surface area contributed by atoms with E-state index in [-0.39, 0.29) is 6.54 Å². The van der Waals surface area contributed by atoms with Gasteiger partial charge in [-0.25, -0.2) is 0 Å². The molecule has 3 nitrogen and oxygen atoms in total. The van der Waals surface area contributed by atoms with Gasteiger partial charge in [0.05, 0.1) is 12.0 Å². The van der Waals surface area contributed by atoms with Gasteiger partial charge in [0.1, 0.15) is 0 Å². The molecule has 0 atom stereocenters. The van der Waals surface area contributed by atoms with Crippen molar-refractivity contribution in [1.29, 1.82) is 0 Å². The monoisotopic (exact) mass is 267 g/mol. The summed E-state index contributed by atoms with van der Waals surface area (Å²) in [6.07, 6.45) is 0.183. The highest BCUT2D eigenvalue weighted by Gasteiger charge is 2.41. The molecule has 0 spiro atoms. The van der Waals surface area contributed by atoms with Crippen molar-refractivity contribution in [1.82, 2.24) is 4.90 Å². The summed E-state index contributed by atoms with van der Waals surface area (Å²) in [5.74, 6) is -0.960. The highest BCUT2D eigenvalue weighted by Crippen LogP contribution is 2.36. The minimum atomic E-state index is -4.28. The average Bonchev–Trinajstić information content (AvgIpc) is 2.41. The van der Waals surface area contributed by atoms with Crippen LogP contribution >= 0.6 is 0 Å². The molecule has 0 aromatic rings. The molecule has 1 fully saturated rings. The number of hydrogen-bond donors (Lipinski definition) is 1. The van der Waals surface area contributed by atoms with E-state index in [0.717, 1.165) is 30.6 Å². The first-order valence-electron chi connectivity index (χ1n) is 6.24. The molecule has 0 saturated heterocycles. The predicted molar refractivity (Wildman–Crippen MR) is 61.3 cm³/mol. The van der Waals surface area contributed by atoms with Gasteiger partial charge in [0.25, 0.3) is 0 Å². The van der Waals surface area contributed by atoms with Crippen molar-refractivity contribution in [3.63, 3.8) is 0 Å². The van der Waals surface area contributed by atoms with Crippen molar-refractivity contribution in [2.75, 3.05) is 20.1 Å². The van der Waals surface area contributed by atoms with Gasteiger partial charge in [0.15, 0.2) is 0 Å². The molecule has 0 unspecified atom stereocenters. The van der Waals surface area contributed by atoms with Crippen LogP contribution < -0.4 is 0 Å². The number of carboxylic acids is 1. The zero-order valence-corrected chi connectivity index (χ0v) is 10.6. The quantitative estimate of drug-likeness (QED) is 0.796. The average molecular weight is 267 g/mol. The number of carboxylic acid groups (broad SMARTS) is 1. The lowest BCUT2D eigenvalue weighted by Gasteiger charge is -2.33. The van der Waals surface area contributed by atoms with Crippen molar-refractivity contribution < 1.29 is 23.1 Å². The Bertz CT molecular complexity index is 284. The third kappa shape index (κ3) is 4.48. The molecular formula is C12H20F3NO2. The number of rotatable bonds is 4. The van der Waals surface area contributed by atoms with E-state index in [2.05, 4.69) is 0 Å². The summed E-state index contributed by atoms with van der Waals surface area (Å²) in [5, 5.41) is 9.35. The maximum absolute atomic E-state index is 12.3. The topological polar surface area (TPSA) is 40.5 Å². The summed E-state index contributed by atoms with van der Waals surface area (Å²) in [7, 11) is 1.34. The lowest BCUT2D eigenvalue weighted by Crippen LogP contribution is -2.44. The molecular weight excluding hydrogens is 247 g/mol. The summed E-state index contributed by atoms with van der Waals surface area (Å²) in [6.45, 7) is -1.08. The Morgan fingerprint density at radius 3 is 2.11 bits per heavy atom. The summed E-state index contributed by atoms with van der Waals surface area (Å²) in [6, 6.07) is 0. The molecule has 0 heterocycles. The molecule has 6 heteroatoms. The van der Waals surface area contributed by atoms with E-state index in [0.29, 0.717) is 12.8 Å². The van der Waals surface area contributed by atoms with Gasteiger partial charge in [-0.2, -0.15) is 13.2 Å². The van der Waals surface area contributed by atoms with Gasteiger partial charge in [0, 0.05) is 6.54 Å². The fourth-order valence-corrected chi connectivity index (χ4v) is 2.72. The lowest BCUT2D eigenvalue weighted by molar-refractivity contribution is -0.159. The van der Waals surface area contributed by atoms with Crippen molar-refractivity contribution in [3.05, 3.63) is 0 Å². The van der Waals surface area contributed by atoms with E-state index in [9.17, 15) is 23.1 Å². The van der Waals surface area contributed by atoms with E-state index < -0.39 is 24.1 Å². The SMILES string of the molecule is CN(CC(F)(F)F)CC1(C(=O)O)CCCCCC1. The molecule has 0 aromatic heterocycles. The Morgan fingerprint density at radius 2 is 1.72 bits per heavy atom. The normalized spacial score (nSPS) is 20.7. The van der Waals surface area contributed by atoms with Crippen LogP contribution in [0.15, 0.2) is 0 Å². The molecule has 0 amide bonds. The Hall–Kier alpha value is -0.780. The predicted octanol–water partition coefficient (Wildman–Crippen LogP) is 2.91. The van der Waals surface area contributed by atoms with Gasteiger partial charge < -0.3 is 5.11 Å². The largest absolute Gasteiger partial charge is 0.481 e. The Morgan fingerprint density at radius 1 is 1.22 bits per heavy atom. The van der Waals surface area contributed by atoms with Crippen LogP contribution in [0.3, 0.4) is 0 Å². The van der Waals surface area contributed by atoms with E-state index >= 15 is 0 Å². The second-order valence-electron chi connectivity index (χ2n) is 5.29. The van der Waals surface area contributed by atoms with E-state index in [1.54, 1.807) is 0 Å². The fraction of sp³-hybridized carbons (Fsp3) is 0.917. The van der Waals surface area contributed by atoms with Gasteiger partial charge in [-0.05, 0) is 19.9 Å². The number of halogens is 3. The van der Waals surface area contributed by atoms with Crippen LogP contribution in [0.25, 0.3) is 0 Å². The molecule has 1 aliphatic rings. The Kier molecular flexibility index (Phi) is 5.01. The minimum absolute atomic E-state index is 0.0259. The number of nitrogens with zero attached hydrogens (tertiary/aromatic N) is 1. The van der Waals surface area contributed by atoms with Crippen molar-refractivity contribution in [3.8, 4) is 0 Å². The first-order chi connectivity index (χ1) is 8.25. The first-order valence-corrected chi connectivity index (χ1v) is 6.24. The maximum Gasteiger partial charge on any atom is 0.401 e. The van der Waals surface area contributed by atoms with Crippen LogP contribution in [0, 0.1) is 5.41 Å². The molecule has 0 aromatic carbocycles. The maximum atomic E-state index is 12.3. The molecule has 0 aliphatic heterocycles. The van der Waals surface area contributed by atoms with Crippen molar-refractivity contribution in [2.45, 2.75) is 44.7 Å². The molecule has 1 saturated carbocycles. The van der Waals surface area contributed by atoms with E-state index in [1.807, 2.05) is 0 Å². The Balaban J connectivity index is 2.70. The number of aliphatic carboxylic acids is 1. The molecule has 1 rings (SSSR count). The highest BCUT2D eigenvalue weighted by molar-refractivity contribution is 5.75. The lowest BCUT2D eigenvalue weighted by atomic mass is 9.80. The zero-order chi connectivity index (χ0) is 13.8. The van der Waals surface area contributed by atoms with Crippen LogP contribution in [0.5, 0.6) is 0 Å². The second-order valence-corrected chi connectivity index (χ2v) is 5.29. The summed E-state index contributed by atoms with van der Waals surface area (Å²) < 4.78 is 36.8. The molecule has 0 radical (unpaired) electrons. The summed E-state index contributed by atoms with van der Waals surface area (Å²) >= 11 is 0. The van der Waals surface area contributed by atoms with E-state index in [1.165, 1.54) is 7.05 Å². The minimum Gasteiger partial charge on any atom is -0.481 e. The Labute approximate surface area is 105 Å². The van der Waals surface area contributed by atoms with E-state index in [4.69, 9.17) is 0 Å². The van der Waals surface area contributed by atoms with Crippen molar-refractivity contribution in [2.24, 2.45) is 5.41 Å². The number of hydrogen-bond acceptors (Lipinski definition) is 2. The van der Waals surface area contributed by atoms with Crippen LogP contribution in [-0.2, 0) is 4.79 Å². The number of alkyl halides is 3. The molecule has 106 valence electrons. The molecule has 18 heavy (non-hydrogen) atoms. The smallest absolute Gasteiger partial charge is 0.401 e. The second kappa shape index (κ2) is 5.91. The highest BCUT2D eigenvalue weighted by atomic mass is 19.4. The standard InChI is InChI=1S/C12H20F3NO2/c1-16(9-12(13,14)15)8-11(10(17)18)6-4-2-3-5-7-11/h2-9H2,1H3,(H,17,18). The van der Waals surface area contributed by atoms with Crippen molar-refractivity contribution >= 4 is 5.97 Å².